The Labute approximate surface area is 81.6 Å². The smallest absolute Gasteiger partial charge is 0.150 e. The normalized spacial score (nSPS) is 11.7. The van der Waals surface area contributed by atoms with Crippen LogP contribution in [-0.2, 0) is 0 Å². The van der Waals surface area contributed by atoms with Crippen LogP contribution in [0.15, 0.2) is 29.2 Å². The Balaban J connectivity index is 2.70. The molecule has 0 aliphatic heterocycles. The average molecular weight is 191 g/mol. The van der Waals surface area contributed by atoms with E-state index in [-0.39, 0.29) is 5.25 Å². The lowest BCUT2D eigenvalue weighted by Gasteiger charge is -2.01. The van der Waals surface area contributed by atoms with Crippen molar-refractivity contribution in [3.63, 3.8) is 0 Å². The molecule has 0 aromatic heterocycles. The standard InChI is InChI=1S/C10H9NOS/c1-8(6-11)13-10-4-2-9(7-12)3-5-10/h2-5,7-8H,1H3. The maximum absolute atomic E-state index is 10.3. The molecule has 0 amide bonds. The highest BCUT2D eigenvalue weighted by Crippen LogP contribution is 2.22. The van der Waals surface area contributed by atoms with E-state index in [0.717, 1.165) is 11.2 Å². The van der Waals surface area contributed by atoms with E-state index in [9.17, 15) is 4.79 Å². The maximum atomic E-state index is 10.3. The summed E-state index contributed by atoms with van der Waals surface area (Å²) in [6.07, 6.45) is 0.808. The van der Waals surface area contributed by atoms with Gasteiger partial charge in [0.25, 0.3) is 0 Å². The number of nitriles is 1. The number of thioether (sulfide) groups is 1. The molecule has 1 aromatic carbocycles. The Hall–Kier alpha value is -1.27. The van der Waals surface area contributed by atoms with E-state index in [2.05, 4.69) is 6.07 Å². The van der Waals surface area contributed by atoms with Gasteiger partial charge in [-0.15, -0.1) is 11.8 Å². The summed E-state index contributed by atoms with van der Waals surface area (Å²) in [6, 6.07) is 9.33. The summed E-state index contributed by atoms with van der Waals surface area (Å²) in [7, 11) is 0. The Morgan fingerprint density at radius 2 is 2.08 bits per heavy atom. The quantitative estimate of drug-likeness (QED) is 0.544. The van der Waals surface area contributed by atoms with Gasteiger partial charge in [0.1, 0.15) is 6.29 Å². The second-order valence-corrected chi connectivity index (χ2v) is 3.99. The zero-order chi connectivity index (χ0) is 9.68. The minimum absolute atomic E-state index is 0.0536. The second kappa shape index (κ2) is 4.68. The number of carbonyl (C=O) groups excluding carboxylic acids is 1. The number of aldehydes is 1. The first-order valence-corrected chi connectivity index (χ1v) is 4.75. The van der Waals surface area contributed by atoms with Crippen molar-refractivity contribution in [2.75, 3.05) is 0 Å². The fourth-order valence-electron chi connectivity index (χ4n) is 0.855. The molecule has 0 aliphatic carbocycles. The number of benzene rings is 1. The van der Waals surface area contributed by atoms with Crippen LogP contribution in [-0.4, -0.2) is 11.5 Å². The third kappa shape index (κ3) is 2.92. The van der Waals surface area contributed by atoms with Crippen molar-refractivity contribution >= 4 is 18.0 Å². The summed E-state index contributed by atoms with van der Waals surface area (Å²) >= 11 is 1.49. The zero-order valence-corrected chi connectivity index (χ0v) is 8.04. The highest BCUT2D eigenvalue weighted by Gasteiger charge is 2.01. The summed E-state index contributed by atoms with van der Waals surface area (Å²) in [5, 5.41) is 8.52. The number of carbonyl (C=O) groups is 1. The van der Waals surface area contributed by atoms with Gasteiger partial charge in [0.2, 0.25) is 0 Å². The third-order valence-electron chi connectivity index (χ3n) is 1.51. The molecule has 0 spiro atoms. The molecule has 66 valence electrons. The molecular weight excluding hydrogens is 182 g/mol. The van der Waals surface area contributed by atoms with Gasteiger partial charge >= 0.3 is 0 Å². The van der Waals surface area contributed by atoms with Crippen LogP contribution in [0.1, 0.15) is 17.3 Å². The van der Waals surface area contributed by atoms with Crippen molar-refractivity contribution in [3.8, 4) is 6.07 Å². The molecular formula is C10H9NOS. The molecule has 13 heavy (non-hydrogen) atoms. The van der Waals surface area contributed by atoms with Crippen LogP contribution >= 0.6 is 11.8 Å². The van der Waals surface area contributed by atoms with E-state index in [4.69, 9.17) is 5.26 Å². The SMILES string of the molecule is CC(C#N)Sc1ccc(C=O)cc1. The number of rotatable bonds is 3. The molecule has 0 N–H and O–H groups in total. The lowest BCUT2D eigenvalue weighted by atomic mass is 10.2. The largest absolute Gasteiger partial charge is 0.298 e. The zero-order valence-electron chi connectivity index (χ0n) is 7.23. The van der Waals surface area contributed by atoms with Crippen LogP contribution in [0.25, 0.3) is 0 Å². The molecule has 0 radical (unpaired) electrons. The lowest BCUT2D eigenvalue weighted by Crippen LogP contribution is -1.89. The number of hydrogen-bond acceptors (Lipinski definition) is 3. The van der Waals surface area contributed by atoms with Crippen molar-refractivity contribution in [2.24, 2.45) is 0 Å². The second-order valence-electron chi connectivity index (χ2n) is 2.58. The Kier molecular flexibility index (Phi) is 3.53. The van der Waals surface area contributed by atoms with Gasteiger partial charge in [-0.1, -0.05) is 12.1 Å². The predicted molar refractivity (Wildman–Crippen MR) is 52.8 cm³/mol. The van der Waals surface area contributed by atoms with Crippen LogP contribution in [0.3, 0.4) is 0 Å². The maximum Gasteiger partial charge on any atom is 0.150 e. The molecule has 0 aliphatic rings. The van der Waals surface area contributed by atoms with Gasteiger partial charge in [-0.05, 0) is 19.1 Å². The van der Waals surface area contributed by atoms with Gasteiger partial charge in [-0.25, -0.2) is 0 Å². The molecule has 0 bridgehead atoms. The van der Waals surface area contributed by atoms with Crippen molar-refractivity contribution in [1.82, 2.24) is 0 Å². The van der Waals surface area contributed by atoms with Crippen LogP contribution in [0, 0.1) is 11.3 Å². The van der Waals surface area contributed by atoms with Crippen molar-refractivity contribution in [1.29, 1.82) is 5.26 Å². The fraction of sp³-hybridized carbons (Fsp3) is 0.200. The van der Waals surface area contributed by atoms with Gasteiger partial charge in [0.05, 0.1) is 11.3 Å². The number of hydrogen-bond donors (Lipinski definition) is 0. The van der Waals surface area contributed by atoms with E-state index in [1.54, 1.807) is 12.1 Å². The Morgan fingerprint density at radius 1 is 1.46 bits per heavy atom. The average Bonchev–Trinajstić information content (AvgIpc) is 2.19. The summed E-state index contributed by atoms with van der Waals surface area (Å²) in [4.78, 5) is 11.4. The Morgan fingerprint density at radius 3 is 2.54 bits per heavy atom. The third-order valence-corrected chi connectivity index (χ3v) is 2.51. The minimum Gasteiger partial charge on any atom is -0.298 e. The van der Waals surface area contributed by atoms with Gasteiger partial charge in [-0.3, -0.25) is 4.79 Å². The first-order chi connectivity index (χ1) is 6.26. The highest BCUT2D eigenvalue weighted by molar-refractivity contribution is 8.00. The Bertz CT molecular complexity index is 326. The van der Waals surface area contributed by atoms with Gasteiger partial charge < -0.3 is 0 Å². The molecule has 0 saturated carbocycles. The summed E-state index contributed by atoms with van der Waals surface area (Å²) in [5.41, 5.74) is 0.661. The van der Waals surface area contributed by atoms with E-state index in [0.29, 0.717) is 5.56 Å². The monoisotopic (exact) mass is 191 g/mol. The van der Waals surface area contributed by atoms with E-state index < -0.39 is 0 Å². The fourth-order valence-corrected chi connectivity index (χ4v) is 1.61. The lowest BCUT2D eigenvalue weighted by molar-refractivity contribution is 0.112. The van der Waals surface area contributed by atoms with E-state index in [1.165, 1.54) is 11.8 Å². The molecule has 1 atom stereocenters. The summed E-state index contributed by atoms with van der Waals surface area (Å²) in [6.45, 7) is 1.85. The molecule has 3 heteroatoms. The summed E-state index contributed by atoms with van der Waals surface area (Å²) in [5.74, 6) is 0. The molecule has 0 fully saturated rings. The van der Waals surface area contributed by atoms with Crippen LogP contribution in [0.2, 0.25) is 0 Å². The topological polar surface area (TPSA) is 40.9 Å². The van der Waals surface area contributed by atoms with E-state index in [1.807, 2.05) is 19.1 Å². The molecule has 0 heterocycles. The van der Waals surface area contributed by atoms with Gasteiger partial charge in [-0.2, -0.15) is 5.26 Å². The first kappa shape index (κ1) is 9.82. The molecule has 1 aromatic rings. The van der Waals surface area contributed by atoms with Crippen molar-refractivity contribution in [3.05, 3.63) is 29.8 Å². The molecule has 0 saturated heterocycles. The van der Waals surface area contributed by atoms with Gasteiger partial charge in [0, 0.05) is 10.5 Å². The highest BCUT2D eigenvalue weighted by atomic mass is 32.2. The molecule has 1 unspecified atom stereocenters. The van der Waals surface area contributed by atoms with Gasteiger partial charge in [0.15, 0.2) is 0 Å². The summed E-state index contributed by atoms with van der Waals surface area (Å²) < 4.78 is 0. The van der Waals surface area contributed by atoms with Crippen LogP contribution in [0.4, 0.5) is 0 Å². The van der Waals surface area contributed by atoms with Crippen LogP contribution in [0.5, 0.6) is 0 Å². The number of nitrogens with zero attached hydrogens (tertiary/aromatic N) is 1. The first-order valence-electron chi connectivity index (χ1n) is 3.88. The predicted octanol–water partition coefficient (Wildman–Crippen LogP) is 2.50. The van der Waals surface area contributed by atoms with Crippen LogP contribution < -0.4 is 0 Å². The minimum atomic E-state index is -0.0536. The van der Waals surface area contributed by atoms with Crippen molar-refractivity contribution in [2.45, 2.75) is 17.1 Å². The van der Waals surface area contributed by atoms with Crippen molar-refractivity contribution < 1.29 is 4.79 Å². The van der Waals surface area contributed by atoms with E-state index >= 15 is 0 Å². The molecule has 2 nitrogen and oxygen atoms in total. The molecule has 1 rings (SSSR count).